The number of halogens is 2. The molecule has 0 radical (unpaired) electrons. The Labute approximate surface area is 112 Å². The Morgan fingerprint density at radius 1 is 1.37 bits per heavy atom. The van der Waals surface area contributed by atoms with Crippen LogP contribution in [0.2, 0.25) is 0 Å². The third-order valence-electron chi connectivity index (χ3n) is 3.77. The topological polar surface area (TPSA) is 20.3 Å². The fourth-order valence-electron chi connectivity index (χ4n) is 2.35. The normalized spacial score (nSPS) is 15.6. The summed E-state index contributed by atoms with van der Waals surface area (Å²) >= 11 is 0. The summed E-state index contributed by atoms with van der Waals surface area (Å²) in [7, 11) is 1.97. The molecule has 1 saturated carbocycles. The Morgan fingerprint density at radius 3 is 2.74 bits per heavy atom. The Balaban J connectivity index is 1.84. The first kappa shape index (κ1) is 14.1. The number of rotatable bonds is 6. The summed E-state index contributed by atoms with van der Waals surface area (Å²) in [5.41, 5.74) is -0.142. The maximum absolute atomic E-state index is 13.4. The third-order valence-corrected chi connectivity index (χ3v) is 3.77. The predicted molar refractivity (Wildman–Crippen MR) is 70.1 cm³/mol. The zero-order chi connectivity index (χ0) is 13.8. The molecule has 0 heterocycles. The van der Waals surface area contributed by atoms with Crippen molar-refractivity contribution in [3.63, 3.8) is 0 Å². The van der Waals surface area contributed by atoms with E-state index in [4.69, 9.17) is 0 Å². The van der Waals surface area contributed by atoms with Crippen molar-refractivity contribution in [2.45, 2.75) is 25.7 Å². The fourth-order valence-corrected chi connectivity index (χ4v) is 2.35. The summed E-state index contributed by atoms with van der Waals surface area (Å²) in [6.07, 6.45) is 4.04. The highest BCUT2D eigenvalue weighted by Crippen LogP contribution is 2.26. The molecule has 2 rings (SSSR count). The molecule has 1 aliphatic carbocycles. The van der Waals surface area contributed by atoms with Gasteiger partial charge in [0.2, 0.25) is 0 Å². The second-order valence-corrected chi connectivity index (χ2v) is 5.33. The first-order valence-corrected chi connectivity index (χ1v) is 6.73. The number of carbonyl (C=O) groups is 1. The van der Waals surface area contributed by atoms with Crippen molar-refractivity contribution in [2.75, 3.05) is 20.1 Å². The lowest BCUT2D eigenvalue weighted by Gasteiger charge is -2.29. The number of nitrogens with zero attached hydrogens (tertiary/aromatic N) is 1. The van der Waals surface area contributed by atoms with Crippen LogP contribution in [-0.4, -0.2) is 30.8 Å². The smallest absolute Gasteiger partial charge is 0.169 e. The van der Waals surface area contributed by atoms with Crippen molar-refractivity contribution in [1.29, 1.82) is 0 Å². The third kappa shape index (κ3) is 3.60. The summed E-state index contributed by atoms with van der Waals surface area (Å²) in [4.78, 5) is 14.0. The molecule has 0 unspecified atom stereocenters. The maximum atomic E-state index is 13.4. The van der Waals surface area contributed by atoms with Crippen LogP contribution in [0.1, 0.15) is 36.0 Å². The van der Waals surface area contributed by atoms with Gasteiger partial charge in [-0.05, 0) is 37.9 Å². The predicted octanol–water partition coefficient (Wildman–Crippen LogP) is 3.27. The van der Waals surface area contributed by atoms with Gasteiger partial charge in [0.25, 0.3) is 0 Å². The minimum Gasteiger partial charge on any atom is -0.306 e. The molecule has 0 atom stereocenters. The van der Waals surface area contributed by atoms with Gasteiger partial charge in [0.15, 0.2) is 17.4 Å². The second kappa shape index (κ2) is 6.24. The summed E-state index contributed by atoms with van der Waals surface area (Å²) in [6.45, 7) is 1.57. The molecule has 19 heavy (non-hydrogen) atoms. The number of carbonyl (C=O) groups excluding carboxylic acids is 1. The highest BCUT2D eigenvalue weighted by Gasteiger charge is 2.20. The number of ketones is 1. The highest BCUT2D eigenvalue weighted by atomic mass is 19.2. The lowest BCUT2D eigenvalue weighted by atomic mass is 9.85. The minimum atomic E-state index is -1.03. The van der Waals surface area contributed by atoms with Gasteiger partial charge in [0.05, 0.1) is 5.56 Å². The SMILES string of the molecule is CN(CCC(=O)c1cccc(F)c1F)CC1CCC1. The average Bonchev–Trinajstić information content (AvgIpc) is 2.34. The average molecular weight is 267 g/mol. The fraction of sp³-hybridized carbons (Fsp3) is 0.533. The lowest BCUT2D eigenvalue weighted by molar-refractivity contribution is 0.0956. The number of hydrogen-bond acceptors (Lipinski definition) is 2. The van der Waals surface area contributed by atoms with E-state index in [1.54, 1.807) is 0 Å². The molecule has 0 aromatic heterocycles. The van der Waals surface area contributed by atoms with Gasteiger partial charge in [0, 0.05) is 19.5 Å². The van der Waals surface area contributed by atoms with E-state index in [1.165, 1.54) is 31.4 Å². The number of Topliss-reactive ketones (excluding diaryl/α,β-unsaturated/α-hetero) is 1. The van der Waals surface area contributed by atoms with E-state index in [9.17, 15) is 13.6 Å². The Morgan fingerprint density at radius 2 is 2.11 bits per heavy atom. The molecule has 1 fully saturated rings. The van der Waals surface area contributed by atoms with Gasteiger partial charge >= 0.3 is 0 Å². The van der Waals surface area contributed by atoms with Crippen LogP contribution >= 0.6 is 0 Å². The molecule has 4 heteroatoms. The maximum Gasteiger partial charge on any atom is 0.169 e. The van der Waals surface area contributed by atoms with Crippen LogP contribution in [0.25, 0.3) is 0 Å². The molecule has 0 N–H and O–H groups in total. The monoisotopic (exact) mass is 267 g/mol. The molecule has 2 nitrogen and oxygen atoms in total. The zero-order valence-electron chi connectivity index (χ0n) is 11.2. The van der Waals surface area contributed by atoms with Crippen LogP contribution in [0.15, 0.2) is 18.2 Å². The largest absolute Gasteiger partial charge is 0.306 e. The Bertz CT molecular complexity index is 457. The highest BCUT2D eigenvalue weighted by molar-refractivity contribution is 5.96. The number of hydrogen-bond donors (Lipinski definition) is 0. The lowest BCUT2D eigenvalue weighted by Crippen LogP contribution is -2.31. The first-order chi connectivity index (χ1) is 9.08. The molecule has 104 valence electrons. The standard InChI is InChI=1S/C15H19F2NO/c1-18(10-11-4-2-5-11)9-8-14(19)12-6-3-7-13(16)15(12)17/h3,6-7,11H,2,4-5,8-10H2,1H3. The quantitative estimate of drug-likeness (QED) is 0.737. The summed E-state index contributed by atoms with van der Waals surface area (Å²) in [5, 5.41) is 0. The minimum absolute atomic E-state index is 0.142. The molecule has 0 bridgehead atoms. The van der Waals surface area contributed by atoms with Crippen molar-refractivity contribution >= 4 is 5.78 Å². The Kier molecular flexibility index (Phi) is 4.64. The van der Waals surface area contributed by atoms with Gasteiger partial charge in [-0.15, -0.1) is 0 Å². The Hall–Kier alpha value is -1.29. The van der Waals surface area contributed by atoms with Crippen LogP contribution < -0.4 is 0 Å². The molecule has 1 aromatic carbocycles. The second-order valence-electron chi connectivity index (χ2n) is 5.33. The van der Waals surface area contributed by atoms with Gasteiger partial charge in [-0.3, -0.25) is 4.79 Å². The molecule has 1 aromatic rings. The van der Waals surface area contributed by atoms with Crippen molar-refractivity contribution in [1.82, 2.24) is 4.90 Å². The van der Waals surface area contributed by atoms with E-state index in [1.807, 2.05) is 7.05 Å². The summed E-state index contributed by atoms with van der Waals surface area (Å²) in [6, 6.07) is 3.73. The van der Waals surface area contributed by atoms with Gasteiger partial charge < -0.3 is 4.90 Å². The van der Waals surface area contributed by atoms with Crippen molar-refractivity contribution in [2.24, 2.45) is 5.92 Å². The van der Waals surface area contributed by atoms with Gasteiger partial charge in [0.1, 0.15) is 0 Å². The molecule has 0 aliphatic heterocycles. The van der Waals surface area contributed by atoms with Crippen LogP contribution in [0.5, 0.6) is 0 Å². The van der Waals surface area contributed by atoms with Gasteiger partial charge in [-0.1, -0.05) is 12.5 Å². The molecule has 0 saturated heterocycles. The van der Waals surface area contributed by atoms with Crippen molar-refractivity contribution in [3.8, 4) is 0 Å². The molecular formula is C15H19F2NO. The summed E-state index contributed by atoms with van der Waals surface area (Å²) in [5.74, 6) is -1.59. The molecule has 0 spiro atoms. The van der Waals surface area contributed by atoms with Crippen LogP contribution in [0.3, 0.4) is 0 Å². The van der Waals surface area contributed by atoms with Crippen molar-refractivity contribution < 1.29 is 13.6 Å². The van der Waals surface area contributed by atoms with E-state index in [0.717, 1.165) is 18.5 Å². The number of benzene rings is 1. The van der Waals surface area contributed by atoms with Crippen molar-refractivity contribution in [3.05, 3.63) is 35.4 Å². The molecule has 1 aliphatic rings. The van der Waals surface area contributed by atoms with E-state index in [0.29, 0.717) is 6.54 Å². The summed E-state index contributed by atoms with van der Waals surface area (Å²) < 4.78 is 26.5. The van der Waals surface area contributed by atoms with E-state index < -0.39 is 11.6 Å². The van der Waals surface area contributed by atoms with Crippen LogP contribution in [0.4, 0.5) is 8.78 Å². The van der Waals surface area contributed by atoms with Crippen LogP contribution in [0, 0.1) is 17.6 Å². The van der Waals surface area contributed by atoms with Gasteiger partial charge in [-0.2, -0.15) is 0 Å². The van der Waals surface area contributed by atoms with E-state index in [2.05, 4.69) is 4.90 Å². The van der Waals surface area contributed by atoms with Crippen LogP contribution in [-0.2, 0) is 0 Å². The molecule has 0 amide bonds. The first-order valence-electron chi connectivity index (χ1n) is 6.73. The van der Waals surface area contributed by atoms with E-state index >= 15 is 0 Å². The van der Waals surface area contributed by atoms with E-state index in [-0.39, 0.29) is 17.8 Å². The zero-order valence-corrected chi connectivity index (χ0v) is 11.2. The molecular weight excluding hydrogens is 248 g/mol. The van der Waals surface area contributed by atoms with Gasteiger partial charge in [-0.25, -0.2) is 8.78 Å².